The van der Waals surface area contributed by atoms with Crippen LogP contribution in [0, 0.1) is 0 Å². The van der Waals surface area contributed by atoms with Gasteiger partial charge >= 0.3 is 0 Å². The van der Waals surface area contributed by atoms with Crippen molar-refractivity contribution in [3.05, 3.63) is 75.5 Å². The topological polar surface area (TPSA) is 47.1 Å². The van der Waals surface area contributed by atoms with Gasteiger partial charge in [0.05, 0.1) is 5.69 Å². The largest absolute Gasteiger partial charge is 0.454 e. The quantitative estimate of drug-likeness (QED) is 0.465. The molecule has 1 aromatic heterocycles. The minimum atomic E-state index is -0.219. The molecule has 4 nitrogen and oxygen atoms in total. The second-order valence-corrected chi connectivity index (χ2v) is 10.5. The highest BCUT2D eigenvalue weighted by atomic mass is 79.9. The van der Waals surface area contributed by atoms with E-state index < -0.39 is 0 Å². The number of ether oxygens (including phenoxy) is 2. The zero-order valence-electron chi connectivity index (χ0n) is 18.5. The van der Waals surface area contributed by atoms with Crippen molar-refractivity contribution >= 4 is 15.9 Å². The second-order valence-electron chi connectivity index (χ2n) is 9.62. The Morgan fingerprint density at radius 2 is 1.57 bits per heavy atom. The molecule has 2 aromatic carbocycles. The van der Waals surface area contributed by atoms with Gasteiger partial charge in [0.2, 0.25) is 6.79 Å². The molecular formula is C25H29BrN2O2. The number of nitrogens with zero attached hydrogens (tertiary/aromatic N) is 1. The van der Waals surface area contributed by atoms with Gasteiger partial charge in [0.15, 0.2) is 11.5 Å². The summed E-state index contributed by atoms with van der Waals surface area (Å²) in [5.74, 6) is 1.63. The number of rotatable bonds is 5. The van der Waals surface area contributed by atoms with Crippen LogP contribution in [0.15, 0.2) is 53.0 Å². The second kappa shape index (κ2) is 7.16. The molecule has 2 heterocycles. The lowest BCUT2D eigenvalue weighted by Crippen LogP contribution is -2.40. The van der Waals surface area contributed by atoms with Crippen molar-refractivity contribution in [3.63, 3.8) is 0 Å². The van der Waals surface area contributed by atoms with Crippen LogP contribution in [0.5, 0.6) is 11.5 Å². The average Bonchev–Trinajstić information content (AvgIpc) is 3.37. The number of halogens is 1. The van der Waals surface area contributed by atoms with Gasteiger partial charge in [-0.25, -0.2) is 0 Å². The molecule has 30 heavy (non-hydrogen) atoms. The molecule has 3 aromatic rings. The minimum absolute atomic E-state index is 0.180. The first kappa shape index (κ1) is 21.0. The zero-order valence-corrected chi connectivity index (χ0v) is 20.1. The third-order valence-electron chi connectivity index (χ3n) is 7.09. The number of aromatic nitrogens is 2. The van der Waals surface area contributed by atoms with Gasteiger partial charge in [-0.1, -0.05) is 75.7 Å². The number of aromatic amines is 1. The lowest BCUT2D eigenvalue weighted by Gasteiger charge is -2.41. The highest BCUT2D eigenvalue weighted by Gasteiger charge is 2.43. The molecule has 0 radical (unpaired) electrons. The van der Waals surface area contributed by atoms with Crippen molar-refractivity contribution in [2.45, 2.75) is 57.8 Å². The molecule has 158 valence electrons. The Labute approximate surface area is 187 Å². The molecule has 0 unspecified atom stereocenters. The van der Waals surface area contributed by atoms with Gasteiger partial charge in [0.1, 0.15) is 0 Å². The van der Waals surface area contributed by atoms with Crippen LogP contribution in [0.3, 0.4) is 0 Å². The Morgan fingerprint density at radius 1 is 0.833 bits per heavy atom. The molecule has 0 fully saturated rings. The summed E-state index contributed by atoms with van der Waals surface area (Å²) in [6.07, 6.45) is 0. The smallest absolute Gasteiger partial charge is 0.231 e. The van der Waals surface area contributed by atoms with Crippen LogP contribution in [0.4, 0.5) is 0 Å². The Hall–Kier alpha value is -2.27. The molecule has 1 N–H and O–H groups in total. The monoisotopic (exact) mass is 468 g/mol. The molecule has 0 spiro atoms. The van der Waals surface area contributed by atoms with E-state index in [9.17, 15) is 0 Å². The van der Waals surface area contributed by atoms with E-state index in [0.717, 1.165) is 27.4 Å². The Balaban J connectivity index is 1.69. The van der Waals surface area contributed by atoms with Gasteiger partial charge in [-0.3, -0.25) is 5.10 Å². The third kappa shape index (κ3) is 3.33. The van der Waals surface area contributed by atoms with E-state index in [1.54, 1.807) is 0 Å². The fourth-order valence-corrected chi connectivity index (χ4v) is 4.36. The van der Waals surface area contributed by atoms with Crippen molar-refractivity contribution in [2.75, 3.05) is 6.79 Å². The number of fused-ring (bicyclic) bond motifs is 1. The molecule has 0 bridgehead atoms. The number of benzene rings is 2. The predicted octanol–water partition coefficient (Wildman–Crippen LogP) is 6.48. The molecule has 0 aliphatic carbocycles. The molecule has 4 rings (SSSR count). The lowest BCUT2D eigenvalue weighted by molar-refractivity contribution is 0.174. The van der Waals surface area contributed by atoms with Gasteiger partial charge in [-0.2, -0.15) is 5.10 Å². The van der Waals surface area contributed by atoms with E-state index in [1.165, 1.54) is 11.1 Å². The summed E-state index contributed by atoms with van der Waals surface area (Å²) in [6.45, 7) is 13.8. The highest BCUT2D eigenvalue weighted by molar-refractivity contribution is 9.10. The van der Waals surface area contributed by atoms with E-state index in [-0.39, 0.29) is 23.0 Å². The summed E-state index contributed by atoms with van der Waals surface area (Å²) < 4.78 is 12.2. The maximum atomic E-state index is 5.61. The molecule has 1 aliphatic heterocycles. The third-order valence-corrected chi connectivity index (χ3v) is 7.59. The molecule has 0 amide bonds. The summed E-state index contributed by atoms with van der Waals surface area (Å²) in [5.41, 5.74) is 4.00. The molecule has 0 saturated carbocycles. The van der Waals surface area contributed by atoms with E-state index in [2.05, 4.69) is 105 Å². The molecule has 1 aliphatic rings. The van der Waals surface area contributed by atoms with Crippen LogP contribution in [0.25, 0.3) is 0 Å². The SMILES string of the molecule is CC(C)(c1cccc(Br)c1)c1cc(C(C)(C)C(C)(C)c2ccc3c(c2)OCO3)n[nH]1. The lowest BCUT2D eigenvalue weighted by atomic mass is 9.62. The maximum Gasteiger partial charge on any atom is 0.231 e. The highest BCUT2D eigenvalue weighted by Crippen LogP contribution is 2.46. The van der Waals surface area contributed by atoms with E-state index in [0.29, 0.717) is 0 Å². The Bertz CT molecular complexity index is 1080. The fraction of sp³-hybridized carbons (Fsp3) is 0.400. The van der Waals surface area contributed by atoms with Crippen LogP contribution >= 0.6 is 15.9 Å². The number of H-pyrrole nitrogens is 1. The van der Waals surface area contributed by atoms with Crippen molar-refractivity contribution in [3.8, 4) is 11.5 Å². The summed E-state index contributed by atoms with van der Waals surface area (Å²) in [6, 6.07) is 16.9. The Kier molecular flexibility index (Phi) is 5.00. The van der Waals surface area contributed by atoms with Gasteiger partial charge in [0.25, 0.3) is 0 Å². The maximum absolute atomic E-state index is 5.61. The van der Waals surface area contributed by atoms with Crippen LogP contribution in [0.1, 0.15) is 64.1 Å². The van der Waals surface area contributed by atoms with Crippen molar-refractivity contribution in [1.29, 1.82) is 0 Å². The van der Waals surface area contributed by atoms with Crippen LogP contribution < -0.4 is 9.47 Å². The molecule has 0 saturated heterocycles. The Morgan fingerprint density at radius 3 is 2.30 bits per heavy atom. The first-order valence-electron chi connectivity index (χ1n) is 10.3. The fourth-order valence-electron chi connectivity index (χ4n) is 3.96. The summed E-state index contributed by atoms with van der Waals surface area (Å²) in [5, 5.41) is 8.10. The van der Waals surface area contributed by atoms with Crippen LogP contribution in [-0.4, -0.2) is 17.0 Å². The van der Waals surface area contributed by atoms with Gasteiger partial charge < -0.3 is 9.47 Å². The van der Waals surface area contributed by atoms with E-state index in [1.807, 2.05) is 6.07 Å². The van der Waals surface area contributed by atoms with Gasteiger partial charge in [-0.05, 0) is 41.5 Å². The van der Waals surface area contributed by atoms with E-state index in [4.69, 9.17) is 14.6 Å². The normalized spacial score (nSPS) is 14.2. The molecular weight excluding hydrogens is 440 g/mol. The number of hydrogen-bond acceptors (Lipinski definition) is 3. The van der Waals surface area contributed by atoms with Crippen molar-refractivity contribution < 1.29 is 9.47 Å². The van der Waals surface area contributed by atoms with Crippen LogP contribution in [0.2, 0.25) is 0 Å². The number of hydrogen-bond donors (Lipinski definition) is 1. The first-order chi connectivity index (χ1) is 14.0. The number of nitrogens with one attached hydrogen (secondary N) is 1. The predicted molar refractivity (Wildman–Crippen MR) is 123 cm³/mol. The molecule has 5 heteroatoms. The van der Waals surface area contributed by atoms with E-state index >= 15 is 0 Å². The standard InChI is InChI=1S/C25H29BrN2O2/c1-23(2,16-8-7-9-18(26)12-16)21-14-22(28-27-21)25(5,6)24(3,4)17-10-11-19-20(13-17)30-15-29-19/h7-14H,15H2,1-6H3,(H,27,28). The van der Waals surface area contributed by atoms with Gasteiger partial charge in [-0.15, -0.1) is 0 Å². The minimum Gasteiger partial charge on any atom is -0.454 e. The summed E-state index contributed by atoms with van der Waals surface area (Å²) >= 11 is 3.59. The van der Waals surface area contributed by atoms with Gasteiger partial charge in [0, 0.05) is 26.4 Å². The van der Waals surface area contributed by atoms with Crippen molar-refractivity contribution in [1.82, 2.24) is 10.2 Å². The summed E-state index contributed by atoms with van der Waals surface area (Å²) in [7, 11) is 0. The first-order valence-corrected chi connectivity index (χ1v) is 11.1. The summed E-state index contributed by atoms with van der Waals surface area (Å²) in [4.78, 5) is 0. The average molecular weight is 469 g/mol. The molecule has 0 atom stereocenters. The van der Waals surface area contributed by atoms with Crippen LogP contribution in [-0.2, 0) is 16.2 Å². The zero-order chi connectivity index (χ0) is 21.7. The van der Waals surface area contributed by atoms with Crippen molar-refractivity contribution in [2.24, 2.45) is 0 Å².